The van der Waals surface area contributed by atoms with Gasteiger partial charge in [-0.2, -0.15) is 0 Å². The number of carbonyl (C=O) groups is 2. The molecular weight excluding hydrogens is 282 g/mol. The van der Waals surface area contributed by atoms with Crippen molar-refractivity contribution in [3.63, 3.8) is 0 Å². The van der Waals surface area contributed by atoms with Crippen molar-refractivity contribution in [2.75, 3.05) is 26.8 Å². The van der Waals surface area contributed by atoms with Gasteiger partial charge in [-0.3, -0.25) is 9.59 Å². The molecule has 1 saturated heterocycles. The summed E-state index contributed by atoms with van der Waals surface area (Å²) in [6.07, 6.45) is 7.49. The van der Waals surface area contributed by atoms with Crippen LogP contribution < -0.4 is 0 Å². The minimum absolute atomic E-state index is 0.172. The normalized spacial score (nSPS) is 28.4. The van der Waals surface area contributed by atoms with Gasteiger partial charge in [-0.15, -0.1) is 0 Å². The van der Waals surface area contributed by atoms with Crippen LogP contribution in [0.4, 0.5) is 0 Å². The highest BCUT2D eigenvalue weighted by molar-refractivity contribution is 5.84. The van der Waals surface area contributed by atoms with E-state index >= 15 is 0 Å². The van der Waals surface area contributed by atoms with Gasteiger partial charge in [-0.25, -0.2) is 0 Å². The van der Waals surface area contributed by atoms with Crippen LogP contribution in [0, 0.1) is 10.8 Å². The summed E-state index contributed by atoms with van der Waals surface area (Å²) in [7, 11) is 1.53. The van der Waals surface area contributed by atoms with Gasteiger partial charge in [0, 0.05) is 25.6 Å². The van der Waals surface area contributed by atoms with E-state index in [0.29, 0.717) is 13.0 Å². The van der Waals surface area contributed by atoms with Gasteiger partial charge in [0.2, 0.25) is 5.91 Å². The van der Waals surface area contributed by atoms with Crippen LogP contribution in [-0.2, 0) is 14.3 Å². The topological polar surface area (TPSA) is 66.8 Å². The van der Waals surface area contributed by atoms with Crippen molar-refractivity contribution < 1.29 is 19.4 Å². The zero-order chi connectivity index (χ0) is 16.2. The summed E-state index contributed by atoms with van der Waals surface area (Å²) in [6.45, 7) is 3.23. The number of carboxylic acid groups (broad SMARTS) is 1. The standard InChI is InChI=1S/C17H29NO4/c1-3-16(8-5-4-6-9-16)14(19)18-11-7-10-17(12-18,13-22-2)15(20)21/h3-13H2,1-2H3,(H,20,21). The lowest BCUT2D eigenvalue weighted by Crippen LogP contribution is -2.55. The fourth-order valence-electron chi connectivity index (χ4n) is 4.22. The number of nitrogens with zero attached hydrogens (tertiary/aromatic N) is 1. The van der Waals surface area contributed by atoms with Crippen molar-refractivity contribution in [3.05, 3.63) is 0 Å². The van der Waals surface area contributed by atoms with Gasteiger partial charge >= 0.3 is 5.97 Å². The molecule has 1 aliphatic heterocycles. The number of carbonyl (C=O) groups excluding carboxylic acids is 1. The maximum atomic E-state index is 13.1. The Morgan fingerprint density at radius 2 is 1.73 bits per heavy atom. The van der Waals surface area contributed by atoms with E-state index in [1.54, 1.807) is 0 Å². The van der Waals surface area contributed by atoms with Gasteiger partial charge < -0.3 is 14.7 Å². The Morgan fingerprint density at radius 1 is 1.09 bits per heavy atom. The number of likely N-dealkylation sites (tertiary alicyclic amines) is 1. The van der Waals surface area contributed by atoms with Crippen molar-refractivity contribution in [1.82, 2.24) is 4.90 Å². The van der Waals surface area contributed by atoms with E-state index in [2.05, 4.69) is 6.92 Å². The first-order chi connectivity index (χ1) is 10.5. The molecule has 1 saturated carbocycles. The number of rotatable bonds is 5. The van der Waals surface area contributed by atoms with Crippen LogP contribution >= 0.6 is 0 Å². The van der Waals surface area contributed by atoms with Crippen molar-refractivity contribution in [3.8, 4) is 0 Å². The number of piperidine rings is 1. The molecule has 0 aromatic carbocycles. The lowest BCUT2D eigenvalue weighted by Gasteiger charge is -2.45. The van der Waals surface area contributed by atoms with Crippen LogP contribution in [0.2, 0.25) is 0 Å². The van der Waals surface area contributed by atoms with E-state index in [-0.39, 0.29) is 24.5 Å². The third-order valence-corrected chi connectivity index (χ3v) is 5.68. The van der Waals surface area contributed by atoms with Crippen molar-refractivity contribution >= 4 is 11.9 Å². The first-order valence-corrected chi connectivity index (χ1v) is 8.51. The van der Waals surface area contributed by atoms with Crippen LogP contribution in [0.15, 0.2) is 0 Å². The molecule has 1 heterocycles. The molecule has 0 aromatic rings. The molecule has 0 radical (unpaired) electrons. The molecular formula is C17H29NO4. The smallest absolute Gasteiger partial charge is 0.313 e. The number of amides is 1. The minimum atomic E-state index is -0.938. The van der Waals surface area contributed by atoms with Gasteiger partial charge in [-0.1, -0.05) is 26.2 Å². The summed E-state index contributed by atoms with van der Waals surface area (Å²) in [5, 5.41) is 9.63. The van der Waals surface area contributed by atoms with Crippen LogP contribution in [-0.4, -0.2) is 48.7 Å². The molecule has 2 rings (SSSR count). The van der Waals surface area contributed by atoms with E-state index in [1.807, 2.05) is 4.90 Å². The van der Waals surface area contributed by atoms with E-state index in [1.165, 1.54) is 13.5 Å². The third kappa shape index (κ3) is 3.14. The lowest BCUT2D eigenvalue weighted by atomic mass is 9.70. The Kier molecular flexibility index (Phi) is 5.48. The molecule has 126 valence electrons. The highest BCUT2D eigenvalue weighted by atomic mass is 16.5. The molecule has 0 bridgehead atoms. The molecule has 1 unspecified atom stereocenters. The third-order valence-electron chi connectivity index (χ3n) is 5.68. The molecule has 5 heteroatoms. The molecule has 1 atom stereocenters. The molecule has 0 spiro atoms. The predicted molar refractivity (Wildman–Crippen MR) is 83.6 cm³/mol. The maximum absolute atomic E-state index is 13.1. The fourth-order valence-corrected chi connectivity index (χ4v) is 4.22. The number of carboxylic acids is 1. The van der Waals surface area contributed by atoms with Crippen LogP contribution in [0.3, 0.4) is 0 Å². The summed E-state index contributed by atoms with van der Waals surface area (Å²) in [5.74, 6) is -0.669. The molecule has 1 N–H and O–H groups in total. The summed E-state index contributed by atoms with van der Waals surface area (Å²) < 4.78 is 5.15. The molecule has 22 heavy (non-hydrogen) atoms. The Balaban J connectivity index is 2.16. The maximum Gasteiger partial charge on any atom is 0.313 e. The van der Waals surface area contributed by atoms with Crippen LogP contribution in [0.5, 0.6) is 0 Å². The second-order valence-electron chi connectivity index (χ2n) is 7.04. The highest BCUT2D eigenvalue weighted by Gasteiger charge is 2.47. The summed E-state index contributed by atoms with van der Waals surface area (Å²) >= 11 is 0. The van der Waals surface area contributed by atoms with Gasteiger partial charge in [0.25, 0.3) is 0 Å². The average Bonchev–Trinajstić information content (AvgIpc) is 2.55. The largest absolute Gasteiger partial charge is 0.481 e. The Hall–Kier alpha value is -1.10. The van der Waals surface area contributed by atoms with Gasteiger partial charge in [0.15, 0.2) is 0 Å². The van der Waals surface area contributed by atoms with Crippen LogP contribution in [0.25, 0.3) is 0 Å². The first-order valence-electron chi connectivity index (χ1n) is 8.51. The molecule has 0 aromatic heterocycles. The molecule has 5 nitrogen and oxygen atoms in total. The van der Waals surface area contributed by atoms with Gasteiger partial charge in [-0.05, 0) is 32.1 Å². The average molecular weight is 311 g/mol. The molecule has 1 amide bonds. The molecule has 2 aliphatic rings. The number of hydrogen-bond donors (Lipinski definition) is 1. The minimum Gasteiger partial charge on any atom is -0.481 e. The zero-order valence-corrected chi connectivity index (χ0v) is 13.9. The van der Waals surface area contributed by atoms with Crippen LogP contribution in [0.1, 0.15) is 58.3 Å². The highest BCUT2D eigenvalue weighted by Crippen LogP contribution is 2.42. The predicted octanol–water partition coefficient (Wildman–Crippen LogP) is 2.69. The quantitative estimate of drug-likeness (QED) is 0.847. The second-order valence-corrected chi connectivity index (χ2v) is 7.04. The number of methoxy groups -OCH3 is 1. The Bertz CT molecular complexity index is 413. The van der Waals surface area contributed by atoms with Crippen molar-refractivity contribution in [2.45, 2.75) is 58.3 Å². The zero-order valence-electron chi connectivity index (χ0n) is 13.9. The second kappa shape index (κ2) is 6.99. The Morgan fingerprint density at radius 3 is 2.27 bits per heavy atom. The fraction of sp³-hybridized carbons (Fsp3) is 0.882. The van der Waals surface area contributed by atoms with E-state index in [0.717, 1.165) is 38.5 Å². The summed E-state index contributed by atoms with van der Waals surface area (Å²) in [5.41, 5.74) is -1.20. The van der Waals surface area contributed by atoms with Crippen molar-refractivity contribution in [1.29, 1.82) is 0 Å². The lowest BCUT2D eigenvalue weighted by molar-refractivity contribution is -0.162. The summed E-state index contributed by atoms with van der Waals surface area (Å²) in [6, 6.07) is 0. The number of ether oxygens (including phenoxy) is 1. The SMILES string of the molecule is CCC1(C(=O)N2CCCC(COC)(C(=O)O)C2)CCCCC1. The molecule has 2 fully saturated rings. The van der Waals surface area contributed by atoms with E-state index in [4.69, 9.17) is 4.74 Å². The number of hydrogen-bond acceptors (Lipinski definition) is 3. The molecule has 1 aliphatic carbocycles. The first kappa shape index (κ1) is 17.3. The van der Waals surface area contributed by atoms with E-state index < -0.39 is 11.4 Å². The van der Waals surface area contributed by atoms with Crippen molar-refractivity contribution in [2.24, 2.45) is 10.8 Å². The number of aliphatic carboxylic acids is 1. The monoisotopic (exact) mass is 311 g/mol. The Labute approximate surface area is 133 Å². The van der Waals surface area contributed by atoms with Gasteiger partial charge in [0.1, 0.15) is 5.41 Å². The van der Waals surface area contributed by atoms with E-state index in [9.17, 15) is 14.7 Å². The summed E-state index contributed by atoms with van der Waals surface area (Å²) in [4.78, 5) is 26.7. The van der Waals surface area contributed by atoms with Gasteiger partial charge in [0.05, 0.1) is 6.61 Å².